The summed E-state index contributed by atoms with van der Waals surface area (Å²) >= 11 is 0. The Morgan fingerprint density at radius 3 is 2.40 bits per heavy atom. The summed E-state index contributed by atoms with van der Waals surface area (Å²) in [6.07, 6.45) is 3.19. The van der Waals surface area contributed by atoms with Gasteiger partial charge in [-0.15, -0.1) is 0 Å². The van der Waals surface area contributed by atoms with Gasteiger partial charge in [-0.05, 0) is 32.2 Å². The van der Waals surface area contributed by atoms with Crippen molar-refractivity contribution in [3.8, 4) is 0 Å². The van der Waals surface area contributed by atoms with Crippen LogP contribution in [-0.4, -0.2) is 25.2 Å². The van der Waals surface area contributed by atoms with Gasteiger partial charge in [-0.3, -0.25) is 4.79 Å². The molecule has 1 N–H and O–H groups in total. The predicted molar refractivity (Wildman–Crippen MR) is 62.8 cm³/mol. The summed E-state index contributed by atoms with van der Waals surface area (Å²) in [5, 5.41) is 3.26. The average molecular weight is 215 g/mol. The minimum Gasteiger partial charge on any atom is -0.465 e. The maximum atomic E-state index is 11.7. The van der Waals surface area contributed by atoms with Gasteiger partial charge in [0.05, 0.1) is 6.61 Å². The molecule has 2 atom stereocenters. The van der Waals surface area contributed by atoms with E-state index in [1.165, 1.54) is 0 Å². The molecule has 0 bridgehead atoms. The van der Waals surface area contributed by atoms with Crippen LogP contribution in [0.4, 0.5) is 0 Å². The van der Waals surface area contributed by atoms with Gasteiger partial charge in [0.2, 0.25) is 0 Å². The minimum absolute atomic E-state index is 0.105. The molecule has 0 saturated heterocycles. The third-order valence-electron chi connectivity index (χ3n) is 2.47. The average Bonchev–Trinajstić information content (AvgIpc) is 2.19. The van der Waals surface area contributed by atoms with Crippen LogP contribution in [0.15, 0.2) is 0 Å². The molecule has 0 radical (unpaired) electrons. The van der Waals surface area contributed by atoms with Crippen LogP contribution in [0.5, 0.6) is 0 Å². The molecule has 0 heterocycles. The first kappa shape index (κ1) is 14.4. The van der Waals surface area contributed by atoms with Gasteiger partial charge in [-0.1, -0.05) is 27.2 Å². The Balaban J connectivity index is 4.21. The lowest BCUT2D eigenvalue weighted by Crippen LogP contribution is -2.43. The first-order valence-electron chi connectivity index (χ1n) is 6.07. The third kappa shape index (κ3) is 5.78. The Morgan fingerprint density at radius 1 is 1.27 bits per heavy atom. The van der Waals surface area contributed by atoms with Crippen LogP contribution in [0, 0.1) is 5.92 Å². The van der Waals surface area contributed by atoms with Gasteiger partial charge in [0.25, 0.3) is 0 Å². The van der Waals surface area contributed by atoms with Crippen LogP contribution in [0.25, 0.3) is 0 Å². The smallest absolute Gasteiger partial charge is 0.323 e. The second-order valence-electron chi connectivity index (χ2n) is 3.95. The van der Waals surface area contributed by atoms with Crippen LogP contribution in [-0.2, 0) is 9.53 Å². The molecule has 0 spiro atoms. The van der Waals surface area contributed by atoms with Gasteiger partial charge in [0.1, 0.15) is 6.04 Å². The lowest BCUT2D eigenvalue weighted by molar-refractivity contribution is -0.147. The number of nitrogens with one attached hydrogen (secondary N) is 1. The highest BCUT2D eigenvalue weighted by Crippen LogP contribution is 2.12. The fourth-order valence-electron chi connectivity index (χ4n) is 1.67. The summed E-state index contributed by atoms with van der Waals surface area (Å²) in [5.74, 6) is 0.243. The van der Waals surface area contributed by atoms with Crippen LogP contribution in [0.3, 0.4) is 0 Å². The molecule has 0 aromatic rings. The van der Waals surface area contributed by atoms with E-state index in [1.54, 1.807) is 0 Å². The van der Waals surface area contributed by atoms with Gasteiger partial charge in [-0.2, -0.15) is 0 Å². The number of rotatable bonds is 8. The van der Waals surface area contributed by atoms with Gasteiger partial charge in [-0.25, -0.2) is 0 Å². The zero-order valence-corrected chi connectivity index (χ0v) is 10.5. The highest BCUT2D eigenvalue weighted by atomic mass is 16.5. The van der Waals surface area contributed by atoms with E-state index >= 15 is 0 Å². The largest absolute Gasteiger partial charge is 0.465 e. The Bertz CT molecular complexity index is 171. The van der Waals surface area contributed by atoms with Crippen molar-refractivity contribution in [1.82, 2.24) is 5.32 Å². The molecule has 2 unspecified atom stereocenters. The molecule has 0 saturated carbocycles. The molecule has 0 aliphatic rings. The molecule has 0 fully saturated rings. The molecule has 0 aliphatic carbocycles. The maximum absolute atomic E-state index is 11.7. The predicted octanol–water partition coefficient (Wildman–Crippen LogP) is 2.35. The third-order valence-corrected chi connectivity index (χ3v) is 2.47. The van der Waals surface area contributed by atoms with Crippen LogP contribution < -0.4 is 5.32 Å². The van der Waals surface area contributed by atoms with Crippen molar-refractivity contribution in [1.29, 1.82) is 0 Å². The van der Waals surface area contributed by atoms with Crippen LogP contribution in [0.2, 0.25) is 0 Å². The lowest BCUT2D eigenvalue weighted by Gasteiger charge is -2.22. The summed E-state index contributed by atoms with van der Waals surface area (Å²) in [4.78, 5) is 11.7. The fourth-order valence-corrected chi connectivity index (χ4v) is 1.67. The topological polar surface area (TPSA) is 38.3 Å². The number of esters is 1. The summed E-state index contributed by atoms with van der Waals surface area (Å²) < 4.78 is 5.07. The molecule has 90 valence electrons. The van der Waals surface area contributed by atoms with Gasteiger partial charge < -0.3 is 10.1 Å². The van der Waals surface area contributed by atoms with Crippen molar-refractivity contribution in [3.05, 3.63) is 0 Å². The normalized spacial score (nSPS) is 14.7. The quantitative estimate of drug-likeness (QED) is 0.632. The van der Waals surface area contributed by atoms with Gasteiger partial charge >= 0.3 is 5.97 Å². The first-order valence-corrected chi connectivity index (χ1v) is 6.07. The maximum Gasteiger partial charge on any atom is 0.323 e. The van der Waals surface area contributed by atoms with E-state index < -0.39 is 0 Å². The van der Waals surface area contributed by atoms with Crippen molar-refractivity contribution in [3.63, 3.8) is 0 Å². The van der Waals surface area contributed by atoms with Gasteiger partial charge in [0, 0.05) is 0 Å². The second-order valence-corrected chi connectivity index (χ2v) is 3.95. The Labute approximate surface area is 93.6 Å². The van der Waals surface area contributed by atoms with E-state index in [0.29, 0.717) is 12.5 Å². The van der Waals surface area contributed by atoms with Crippen molar-refractivity contribution < 1.29 is 9.53 Å². The fraction of sp³-hybridized carbons (Fsp3) is 0.917. The van der Waals surface area contributed by atoms with Crippen molar-refractivity contribution in [2.75, 3.05) is 13.2 Å². The summed E-state index contributed by atoms with van der Waals surface area (Å²) in [6, 6.07) is -0.134. The van der Waals surface area contributed by atoms with E-state index in [2.05, 4.69) is 26.1 Å². The standard InChI is InChI=1S/C12H25NO2/c1-5-8-10(4)11(13-9-6-2)12(14)15-7-3/h10-11,13H,5-9H2,1-4H3. The molecule has 3 nitrogen and oxygen atoms in total. The number of ether oxygens (including phenoxy) is 1. The molecular weight excluding hydrogens is 190 g/mol. The van der Waals surface area contributed by atoms with E-state index in [1.807, 2.05) is 6.92 Å². The molecule has 0 aromatic carbocycles. The zero-order valence-electron chi connectivity index (χ0n) is 10.5. The molecule has 3 heteroatoms. The minimum atomic E-state index is -0.134. The number of hydrogen-bond acceptors (Lipinski definition) is 3. The van der Waals surface area contributed by atoms with Crippen LogP contribution >= 0.6 is 0 Å². The second kappa shape index (κ2) is 8.72. The first-order chi connectivity index (χ1) is 7.17. The molecule has 0 aromatic heterocycles. The van der Waals surface area contributed by atoms with Gasteiger partial charge in [0.15, 0.2) is 0 Å². The molecule has 15 heavy (non-hydrogen) atoms. The summed E-state index contributed by atoms with van der Waals surface area (Å²) in [5.41, 5.74) is 0. The summed E-state index contributed by atoms with van der Waals surface area (Å²) in [7, 11) is 0. The Hall–Kier alpha value is -0.570. The highest BCUT2D eigenvalue weighted by Gasteiger charge is 2.24. The Morgan fingerprint density at radius 2 is 1.93 bits per heavy atom. The highest BCUT2D eigenvalue weighted by molar-refractivity contribution is 5.76. The lowest BCUT2D eigenvalue weighted by atomic mass is 9.97. The van der Waals surface area contributed by atoms with Crippen LogP contribution in [0.1, 0.15) is 47.0 Å². The molecule has 0 amide bonds. The van der Waals surface area contributed by atoms with E-state index in [-0.39, 0.29) is 12.0 Å². The Kier molecular flexibility index (Phi) is 8.38. The molecular formula is C12H25NO2. The van der Waals surface area contributed by atoms with E-state index in [9.17, 15) is 4.79 Å². The van der Waals surface area contributed by atoms with Crippen molar-refractivity contribution >= 4 is 5.97 Å². The van der Waals surface area contributed by atoms with E-state index in [0.717, 1.165) is 25.8 Å². The molecule has 0 rings (SSSR count). The monoisotopic (exact) mass is 215 g/mol. The number of carbonyl (C=O) groups excluding carboxylic acids is 1. The van der Waals surface area contributed by atoms with E-state index in [4.69, 9.17) is 4.74 Å². The SMILES string of the molecule is CCCNC(C(=O)OCC)C(C)CCC. The zero-order chi connectivity index (χ0) is 11.7. The van der Waals surface area contributed by atoms with Crippen molar-refractivity contribution in [2.24, 2.45) is 5.92 Å². The molecule has 0 aliphatic heterocycles. The number of carbonyl (C=O) groups is 1. The summed E-state index contributed by atoms with van der Waals surface area (Å²) in [6.45, 7) is 9.52. The number of hydrogen-bond donors (Lipinski definition) is 1. The van der Waals surface area contributed by atoms with Crippen molar-refractivity contribution in [2.45, 2.75) is 53.0 Å².